The van der Waals surface area contributed by atoms with Gasteiger partial charge in [-0.15, -0.1) is 0 Å². The molecule has 0 aliphatic carbocycles. The number of rotatable bonds is 52. The van der Waals surface area contributed by atoms with Gasteiger partial charge in [0.25, 0.3) is 0 Å². The van der Waals surface area contributed by atoms with Crippen LogP contribution in [0.3, 0.4) is 0 Å². The summed E-state index contributed by atoms with van der Waals surface area (Å²) in [4.78, 5) is 26.2. The number of aliphatic hydroxyl groups is 2. The number of unbranched alkanes of at least 4 members (excludes halogenated alkanes) is 25. The highest BCUT2D eigenvalue weighted by Crippen LogP contribution is 2.17. The van der Waals surface area contributed by atoms with E-state index in [0.717, 1.165) is 83.5 Å². The van der Waals surface area contributed by atoms with Crippen molar-refractivity contribution in [1.82, 2.24) is 5.32 Å². The van der Waals surface area contributed by atoms with E-state index in [9.17, 15) is 19.8 Å². The first-order valence-electron chi connectivity index (χ1n) is 29.5. The van der Waals surface area contributed by atoms with E-state index in [-0.39, 0.29) is 24.9 Å². The Morgan fingerprint density at radius 2 is 0.757 bits per heavy atom. The Morgan fingerprint density at radius 3 is 1.16 bits per heavy atom. The molecule has 3 unspecified atom stereocenters. The van der Waals surface area contributed by atoms with Crippen LogP contribution in [0, 0.1) is 0 Å². The predicted molar refractivity (Wildman–Crippen MR) is 305 cm³/mol. The van der Waals surface area contributed by atoms with Crippen molar-refractivity contribution in [3.63, 3.8) is 0 Å². The van der Waals surface area contributed by atoms with Gasteiger partial charge in [0.2, 0.25) is 5.91 Å². The van der Waals surface area contributed by atoms with Crippen molar-refractivity contribution in [1.29, 1.82) is 0 Å². The number of carbonyl (C=O) groups excluding carboxylic acids is 2. The monoisotopic (exact) mass is 974 g/mol. The van der Waals surface area contributed by atoms with Gasteiger partial charge >= 0.3 is 5.97 Å². The number of ether oxygens (including phenoxy) is 1. The predicted octanol–water partition coefficient (Wildman–Crippen LogP) is 18.5. The smallest absolute Gasteiger partial charge is 0.306 e. The van der Waals surface area contributed by atoms with Crippen LogP contribution in [0.4, 0.5) is 0 Å². The molecular formula is C64H111NO5. The maximum absolute atomic E-state index is 13.3. The van der Waals surface area contributed by atoms with E-state index in [4.69, 9.17) is 4.74 Å². The van der Waals surface area contributed by atoms with Gasteiger partial charge in [0.1, 0.15) is 6.10 Å². The van der Waals surface area contributed by atoms with E-state index in [2.05, 4.69) is 111 Å². The van der Waals surface area contributed by atoms with Gasteiger partial charge in [0.05, 0.1) is 25.2 Å². The molecule has 70 heavy (non-hydrogen) atoms. The minimum atomic E-state index is -0.823. The van der Waals surface area contributed by atoms with Gasteiger partial charge in [-0.2, -0.15) is 0 Å². The zero-order chi connectivity index (χ0) is 50.9. The Labute approximate surface area is 433 Å². The van der Waals surface area contributed by atoms with Gasteiger partial charge in [-0.25, -0.2) is 0 Å². The second-order valence-electron chi connectivity index (χ2n) is 19.7. The summed E-state index contributed by atoms with van der Waals surface area (Å²) in [6, 6.07) is -0.744. The van der Waals surface area contributed by atoms with Crippen molar-refractivity contribution < 1.29 is 24.5 Å². The van der Waals surface area contributed by atoms with Crippen molar-refractivity contribution in [2.24, 2.45) is 0 Å². The molecule has 0 bridgehead atoms. The number of esters is 1. The number of hydrogen-bond acceptors (Lipinski definition) is 5. The second-order valence-corrected chi connectivity index (χ2v) is 19.7. The van der Waals surface area contributed by atoms with Crippen molar-refractivity contribution in [3.05, 3.63) is 97.2 Å². The molecule has 0 heterocycles. The van der Waals surface area contributed by atoms with Crippen molar-refractivity contribution in [2.45, 2.75) is 289 Å². The summed E-state index contributed by atoms with van der Waals surface area (Å²) < 4.78 is 5.88. The van der Waals surface area contributed by atoms with E-state index >= 15 is 0 Å². The Kier molecular flexibility index (Phi) is 54.1. The largest absolute Gasteiger partial charge is 0.461 e. The van der Waals surface area contributed by atoms with Gasteiger partial charge in [-0.05, 0) is 89.9 Å². The Balaban J connectivity index is 4.71. The molecule has 0 aromatic rings. The van der Waals surface area contributed by atoms with Gasteiger partial charge < -0.3 is 20.3 Å². The second kappa shape index (κ2) is 56.7. The third-order valence-corrected chi connectivity index (χ3v) is 12.9. The molecule has 1 amide bonds. The first-order chi connectivity index (χ1) is 34.5. The highest BCUT2D eigenvalue weighted by Gasteiger charge is 2.23. The molecule has 402 valence electrons. The standard InChI is InChI=1S/C64H111NO5/c1-4-7-10-13-16-19-22-25-28-30-31-33-36-39-42-45-48-51-54-57-64(69)70-60(55-52-49-46-43-40-37-34-27-24-21-18-15-12-9-6-3)58-63(68)65-61(59-66)62(67)56-53-50-47-44-41-38-35-32-29-26-23-20-17-14-11-8-5-2/h16,18-19,21,25,27-28,31,33-34,39-40,42-43,49,52,60-62,66-67H,4-15,17,20,22-24,26,29-30,32,35-38,41,44-48,50-51,53-59H2,1-3H3,(H,65,68)/b19-16-,21-18-,28-25-,33-31-,34-27-,42-39-,43-40-,52-49-. The van der Waals surface area contributed by atoms with E-state index < -0.39 is 18.2 Å². The molecule has 0 saturated carbocycles. The SMILES string of the molecule is CCCCC/C=C\C/C=C\C/C=C\C/C=C\CCCCCC(=O)OC(C/C=C\C/C=C\C/C=C\C/C=C\CCCCC)CC(=O)NC(CO)C(O)CCCCCCCCCCCCCCCCCCC. The topological polar surface area (TPSA) is 95.9 Å². The van der Waals surface area contributed by atoms with Gasteiger partial charge in [-0.1, -0.05) is 259 Å². The minimum Gasteiger partial charge on any atom is -0.461 e. The van der Waals surface area contributed by atoms with E-state index in [1.807, 2.05) is 12.2 Å². The molecule has 0 fully saturated rings. The Bertz CT molecular complexity index is 1370. The van der Waals surface area contributed by atoms with Crippen LogP contribution >= 0.6 is 0 Å². The summed E-state index contributed by atoms with van der Waals surface area (Å²) in [6.07, 6.45) is 76.3. The molecule has 0 spiro atoms. The third kappa shape index (κ3) is 51.1. The molecular weight excluding hydrogens is 863 g/mol. The lowest BCUT2D eigenvalue weighted by atomic mass is 10.0. The van der Waals surface area contributed by atoms with Crippen LogP contribution in [0.15, 0.2) is 97.2 Å². The highest BCUT2D eigenvalue weighted by molar-refractivity contribution is 5.77. The Hall–Kier alpha value is -3.22. The summed E-state index contributed by atoms with van der Waals surface area (Å²) in [7, 11) is 0. The summed E-state index contributed by atoms with van der Waals surface area (Å²) in [6.45, 7) is 6.41. The molecule has 3 atom stereocenters. The van der Waals surface area contributed by atoms with Crippen LogP contribution in [0.25, 0.3) is 0 Å². The number of hydrogen-bond donors (Lipinski definition) is 3. The van der Waals surface area contributed by atoms with Crippen LogP contribution in [0.1, 0.15) is 271 Å². The molecule has 6 nitrogen and oxygen atoms in total. The van der Waals surface area contributed by atoms with Crippen molar-refractivity contribution in [3.8, 4) is 0 Å². The summed E-state index contributed by atoms with van der Waals surface area (Å²) in [5, 5.41) is 23.9. The highest BCUT2D eigenvalue weighted by atomic mass is 16.5. The van der Waals surface area contributed by atoms with Gasteiger partial charge in [-0.3, -0.25) is 9.59 Å². The van der Waals surface area contributed by atoms with Crippen LogP contribution in [0.2, 0.25) is 0 Å². The van der Waals surface area contributed by atoms with Gasteiger partial charge in [0.15, 0.2) is 0 Å². The fraction of sp³-hybridized carbons (Fsp3) is 0.719. The molecule has 0 saturated heterocycles. The molecule has 6 heteroatoms. The molecule has 0 aliphatic rings. The van der Waals surface area contributed by atoms with E-state index in [1.54, 1.807) is 0 Å². The maximum Gasteiger partial charge on any atom is 0.306 e. The summed E-state index contributed by atoms with van der Waals surface area (Å²) in [5.74, 6) is -0.614. The number of amides is 1. The maximum atomic E-state index is 13.3. The lowest BCUT2D eigenvalue weighted by Crippen LogP contribution is -2.46. The number of carbonyl (C=O) groups is 2. The molecule has 0 rings (SSSR count). The summed E-state index contributed by atoms with van der Waals surface area (Å²) >= 11 is 0. The number of aliphatic hydroxyl groups excluding tert-OH is 2. The lowest BCUT2D eigenvalue weighted by Gasteiger charge is -2.24. The molecule has 0 aromatic carbocycles. The minimum absolute atomic E-state index is 0.0157. The number of allylic oxidation sites excluding steroid dienone is 15. The fourth-order valence-electron chi connectivity index (χ4n) is 8.39. The zero-order valence-corrected chi connectivity index (χ0v) is 45.9. The third-order valence-electron chi connectivity index (χ3n) is 12.9. The quantitative estimate of drug-likeness (QED) is 0.0321. The van der Waals surface area contributed by atoms with Crippen LogP contribution < -0.4 is 5.32 Å². The zero-order valence-electron chi connectivity index (χ0n) is 45.9. The van der Waals surface area contributed by atoms with Gasteiger partial charge in [0, 0.05) is 12.8 Å². The molecule has 0 aromatic heterocycles. The van der Waals surface area contributed by atoms with E-state index in [0.29, 0.717) is 19.3 Å². The Morgan fingerprint density at radius 1 is 0.429 bits per heavy atom. The first-order valence-corrected chi connectivity index (χ1v) is 29.5. The average molecular weight is 975 g/mol. The van der Waals surface area contributed by atoms with Crippen molar-refractivity contribution in [2.75, 3.05) is 6.61 Å². The van der Waals surface area contributed by atoms with Crippen LogP contribution in [-0.2, 0) is 14.3 Å². The lowest BCUT2D eigenvalue weighted by molar-refractivity contribution is -0.150. The van der Waals surface area contributed by atoms with Crippen LogP contribution in [0.5, 0.6) is 0 Å². The normalized spacial score (nSPS) is 13.8. The molecule has 0 aliphatic heterocycles. The van der Waals surface area contributed by atoms with Crippen LogP contribution in [-0.4, -0.2) is 46.9 Å². The number of nitrogens with one attached hydrogen (secondary N) is 1. The molecule has 3 N–H and O–H groups in total. The van der Waals surface area contributed by atoms with Crippen molar-refractivity contribution >= 4 is 11.9 Å². The fourth-order valence-corrected chi connectivity index (χ4v) is 8.39. The summed E-state index contributed by atoms with van der Waals surface area (Å²) in [5.41, 5.74) is 0. The first kappa shape index (κ1) is 66.8. The average Bonchev–Trinajstić information content (AvgIpc) is 3.35. The van der Waals surface area contributed by atoms with E-state index in [1.165, 1.54) is 141 Å². The molecule has 0 radical (unpaired) electrons.